The van der Waals surface area contributed by atoms with Crippen molar-refractivity contribution in [3.8, 4) is 0 Å². The molecule has 1 fully saturated rings. The van der Waals surface area contributed by atoms with Gasteiger partial charge in [0.05, 0.1) is 17.1 Å². The SMILES string of the molecule is O=C(Cc1ccc(S(=O)(=O)CC2CC2)cc1)Nc1ccc(C(=O)NC(c2ccc(Cl)cc2)C(F)(F)F)cc1. The van der Waals surface area contributed by atoms with E-state index >= 15 is 0 Å². The lowest BCUT2D eigenvalue weighted by Gasteiger charge is -2.22. The number of nitrogens with one attached hydrogen (secondary N) is 2. The standard InChI is InChI=1S/C27H24ClF3N2O4S/c28-21-9-5-19(6-10-21)25(27(29,30)31)33-26(35)20-7-11-22(12-8-20)32-24(34)15-17-3-13-23(14-4-17)38(36,37)16-18-1-2-18/h3-14,18,25H,1-2,15-16H2,(H,32,34)(H,33,35). The molecule has 4 rings (SSSR count). The Kier molecular flexibility index (Phi) is 8.13. The normalized spacial score (nSPS) is 14.5. The minimum Gasteiger partial charge on any atom is -0.337 e. The predicted octanol–water partition coefficient (Wildman–Crippen LogP) is 5.74. The molecule has 1 aliphatic carbocycles. The molecule has 38 heavy (non-hydrogen) atoms. The van der Waals surface area contributed by atoms with E-state index in [1.807, 2.05) is 5.32 Å². The van der Waals surface area contributed by atoms with Crippen LogP contribution in [0.2, 0.25) is 5.02 Å². The molecule has 0 saturated heterocycles. The van der Waals surface area contributed by atoms with Crippen LogP contribution < -0.4 is 10.6 Å². The van der Waals surface area contributed by atoms with Crippen molar-refractivity contribution < 1.29 is 31.2 Å². The van der Waals surface area contributed by atoms with Crippen LogP contribution in [0.3, 0.4) is 0 Å². The maximum absolute atomic E-state index is 13.6. The highest BCUT2D eigenvalue weighted by Crippen LogP contribution is 2.34. The maximum atomic E-state index is 13.6. The van der Waals surface area contributed by atoms with Crippen LogP contribution in [0.5, 0.6) is 0 Å². The average molecular weight is 565 g/mol. The third-order valence-electron chi connectivity index (χ3n) is 6.04. The third-order valence-corrected chi connectivity index (χ3v) is 8.19. The molecule has 0 aromatic heterocycles. The Balaban J connectivity index is 1.34. The molecule has 1 aliphatic rings. The van der Waals surface area contributed by atoms with E-state index in [1.54, 1.807) is 12.1 Å². The molecular formula is C27H24ClF3N2O4S. The van der Waals surface area contributed by atoms with Gasteiger partial charge in [-0.25, -0.2) is 8.42 Å². The summed E-state index contributed by atoms with van der Waals surface area (Å²) in [5, 5.41) is 4.91. The highest BCUT2D eigenvalue weighted by atomic mass is 35.5. The van der Waals surface area contributed by atoms with E-state index < -0.39 is 28.0 Å². The summed E-state index contributed by atoms with van der Waals surface area (Å²) >= 11 is 5.75. The van der Waals surface area contributed by atoms with Gasteiger partial charge in [-0.1, -0.05) is 35.9 Å². The van der Waals surface area contributed by atoms with Crippen LogP contribution in [0.25, 0.3) is 0 Å². The summed E-state index contributed by atoms with van der Waals surface area (Å²) in [5.74, 6) is -0.941. The number of amides is 2. The van der Waals surface area contributed by atoms with Crippen molar-refractivity contribution in [2.75, 3.05) is 11.1 Å². The molecule has 11 heteroatoms. The Morgan fingerprint density at radius 2 is 1.53 bits per heavy atom. The monoisotopic (exact) mass is 564 g/mol. The van der Waals surface area contributed by atoms with Gasteiger partial charge >= 0.3 is 6.18 Å². The molecule has 1 atom stereocenters. The van der Waals surface area contributed by atoms with Crippen molar-refractivity contribution in [1.29, 1.82) is 0 Å². The van der Waals surface area contributed by atoms with Crippen LogP contribution in [0.1, 0.15) is 40.4 Å². The zero-order valence-corrected chi connectivity index (χ0v) is 21.5. The average Bonchev–Trinajstić information content (AvgIpc) is 3.66. The molecule has 0 heterocycles. The van der Waals surface area contributed by atoms with Crippen LogP contribution in [0, 0.1) is 5.92 Å². The second-order valence-electron chi connectivity index (χ2n) is 9.17. The molecule has 2 amide bonds. The van der Waals surface area contributed by atoms with Gasteiger partial charge in [-0.05, 0) is 78.4 Å². The first-order chi connectivity index (χ1) is 17.9. The van der Waals surface area contributed by atoms with Gasteiger partial charge in [-0.2, -0.15) is 13.2 Å². The molecule has 3 aromatic rings. The number of carbonyl (C=O) groups excluding carboxylic acids is 2. The Hall–Kier alpha value is -3.37. The number of carbonyl (C=O) groups is 2. The topological polar surface area (TPSA) is 92.3 Å². The number of rotatable bonds is 9. The van der Waals surface area contributed by atoms with Crippen molar-refractivity contribution in [3.05, 3.63) is 94.5 Å². The summed E-state index contributed by atoms with van der Waals surface area (Å²) < 4.78 is 65.4. The Bertz CT molecular complexity index is 1400. The fraction of sp³-hybridized carbons (Fsp3) is 0.259. The largest absolute Gasteiger partial charge is 0.412 e. The highest BCUT2D eigenvalue weighted by Gasteiger charge is 2.42. The van der Waals surface area contributed by atoms with E-state index in [9.17, 15) is 31.2 Å². The minimum absolute atomic E-state index is 0.0143. The van der Waals surface area contributed by atoms with Gasteiger partial charge in [0, 0.05) is 16.3 Å². The maximum Gasteiger partial charge on any atom is 0.412 e. The molecule has 6 nitrogen and oxygen atoms in total. The number of benzene rings is 3. The molecule has 200 valence electrons. The van der Waals surface area contributed by atoms with Crippen molar-refractivity contribution in [2.45, 2.75) is 36.4 Å². The number of halogens is 4. The molecule has 1 unspecified atom stereocenters. The van der Waals surface area contributed by atoms with Gasteiger partial charge in [0.1, 0.15) is 0 Å². The molecule has 1 saturated carbocycles. The van der Waals surface area contributed by atoms with Gasteiger partial charge in [0.25, 0.3) is 5.91 Å². The van der Waals surface area contributed by atoms with Gasteiger partial charge in [-0.15, -0.1) is 0 Å². The van der Waals surface area contributed by atoms with Crippen LogP contribution in [0.15, 0.2) is 77.7 Å². The summed E-state index contributed by atoms with van der Waals surface area (Å²) in [5.41, 5.74) is 0.784. The fourth-order valence-corrected chi connectivity index (χ4v) is 5.65. The summed E-state index contributed by atoms with van der Waals surface area (Å²) in [6, 6.07) is 14.4. The molecule has 0 spiro atoms. The quantitative estimate of drug-likeness (QED) is 0.347. The number of sulfone groups is 1. The zero-order valence-electron chi connectivity index (χ0n) is 20.0. The summed E-state index contributed by atoms with van der Waals surface area (Å²) in [6.45, 7) is 0. The van der Waals surface area contributed by atoms with Crippen molar-refractivity contribution in [1.82, 2.24) is 5.32 Å². The first-order valence-electron chi connectivity index (χ1n) is 11.8. The van der Waals surface area contributed by atoms with Gasteiger partial charge in [0.15, 0.2) is 15.9 Å². The minimum atomic E-state index is -4.73. The summed E-state index contributed by atoms with van der Waals surface area (Å²) in [4.78, 5) is 25.2. The second-order valence-corrected chi connectivity index (χ2v) is 11.6. The molecule has 0 radical (unpaired) electrons. The first kappa shape index (κ1) is 27.7. The predicted molar refractivity (Wildman–Crippen MR) is 138 cm³/mol. The fourth-order valence-electron chi connectivity index (χ4n) is 3.83. The van der Waals surface area contributed by atoms with E-state index in [-0.39, 0.29) is 45.0 Å². The van der Waals surface area contributed by atoms with Crippen molar-refractivity contribution in [3.63, 3.8) is 0 Å². The lowest BCUT2D eigenvalue weighted by Crippen LogP contribution is -2.38. The van der Waals surface area contributed by atoms with E-state index in [1.165, 1.54) is 60.7 Å². The Morgan fingerprint density at radius 3 is 2.08 bits per heavy atom. The second kappa shape index (κ2) is 11.2. The lowest BCUT2D eigenvalue weighted by atomic mass is 10.1. The van der Waals surface area contributed by atoms with Crippen LogP contribution in [-0.2, 0) is 21.1 Å². The van der Waals surface area contributed by atoms with E-state index in [4.69, 9.17) is 11.6 Å². The van der Waals surface area contributed by atoms with Gasteiger partial charge < -0.3 is 10.6 Å². The first-order valence-corrected chi connectivity index (χ1v) is 13.8. The van der Waals surface area contributed by atoms with Crippen LogP contribution >= 0.6 is 11.6 Å². The zero-order chi connectivity index (χ0) is 27.5. The molecule has 3 aromatic carbocycles. The lowest BCUT2D eigenvalue weighted by molar-refractivity contribution is -0.155. The summed E-state index contributed by atoms with van der Waals surface area (Å²) in [7, 11) is -3.34. The van der Waals surface area contributed by atoms with E-state index in [2.05, 4.69) is 5.32 Å². The third kappa shape index (κ3) is 7.35. The van der Waals surface area contributed by atoms with Gasteiger partial charge in [-0.3, -0.25) is 9.59 Å². The van der Waals surface area contributed by atoms with E-state index in [0.717, 1.165) is 12.8 Å². The number of hydrogen-bond acceptors (Lipinski definition) is 4. The van der Waals surface area contributed by atoms with Crippen LogP contribution in [0.4, 0.5) is 18.9 Å². The number of hydrogen-bond donors (Lipinski definition) is 2. The van der Waals surface area contributed by atoms with Crippen LogP contribution in [-0.4, -0.2) is 32.2 Å². The van der Waals surface area contributed by atoms with Crippen molar-refractivity contribution in [2.24, 2.45) is 5.92 Å². The molecule has 0 aliphatic heterocycles. The molecule has 2 N–H and O–H groups in total. The Morgan fingerprint density at radius 1 is 0.921 bits per heavy atom. The molecular weight excluding hydrogens is 541 g/mol. The number of alkyl halides is 3. The summed E-state index contributed by atoms with van der Waals surface area (Å²) in [6.07, 6.45) is -2.88. The van der Waals surface area contributed by atoms with Crippen molar-refractivity contribution >= 4 is 38.9 Å². The van der Waals surface area contributed by atoms with Gasteiger partial charge in [0.2, 0.25) is 5.91 Å². The molecule has 0 bridgehead atoms. The Labute approximate surface area is 223 Å². The number of anilines is 1. The smallest absolute Gasteiger partial charge is 0.337 e. The van der Waals surface area contributed by atoms with E-state index in [0.29, 0.717) is 11.3 Å². The highest BCUT2D eigenvalue weighted by molar-refractivity contribution is 7.91.